The summed E-state index contributed by atoms with van der Waals surface area (Å²) in [4.78, 5) is 0. The van der Waals surface area contributed by atoms with Crippen molar-refractivity contribution in [3.8, 4) is 0 Å². The second-order valence-electron chi connectivity index (χ2n) is 5.78. The highest BCUT2D eigenvalue weighted by Crippen LogP contribution is 2.33. The predicted octanol–water partition coefficient (Wildman–Crippen LogP) is 4.85. The van der Waals surface area contributed by atoms with Crippen molar-refractivity contribution in [1.82, 2.24) is 5.32 Å². The molecule has 1 aromatic carbocycles. The second-order valence-corrected chi connectivity index (χ2v) is 5.78. The van der Waals surface area contributed by atoms with Crippen LogP contribution in [0.15, 0.2) is 30.3 Å². The van der Waals surface area contributed by atoms with E-state index in [1.807, 2.05) is 13.0 Å². The number of alkyl halides is 3. The van der Waals surface area contributed by atoms with Crippen molar-refractivity contribution in [2.75, 3.05) is 0 Å². The van der Waals surface area contributed by atoms with Gasteiger partial charge in [0.05, 0.1) is 6.42 Å². The van der Waals surface area contributed by atoms with Gasteiger partial charge in [-0.3, -0.25) is 0 Å². The fourth-order valence-electron chi connectivity index (χ4n) is 3.10. The van der Waals surface area contributed by atoms with E-state index in [0.717, 1.165) is 18.4 Å². The molecule has 2 rings (SSSR count). The Labute approximate surface area is 118 Å². The lowest BCUT2D eigenvalue weighted by molar-refractivity contribution is -0.141. The molecule has 1 aliphatic carbocycles. The molecule has 0 aliphatic heterocycles. The summed E-state index contributed by atoms with van der Waals surface area (Å²) in [7, 11) is 0. The minimum absolute atomic E-state index is 0.130. The van der Waals surface area contributed by atoms with Crippen molar-refractivity contribution < 1.29 is 13.2 Å². The molecule has 1 N–H and O–H groups in total. The van der Waals surface area contributed by atoms with Gasteiger partial charge in [0.1, 0.15) is 0 Å². The lowest BCUT2D eigenvalue weighted by atomic mass is 9.96. The highest BCUT2D eigenvalue weighted by Gasteiger charge is 2.34. The molecule has 1 aromatic rings. The number of nitrogens with one attached hydrogen (secondary N) is 1. The van der Waals surface area contributed by atoms with Crippen LogP contribution in [0.3, 0.4) is 0 Å². The Hall–Kier alpha value is -1.03. The van der Waals surface area contributed by atoms with E-state index in [4.69, 9.17) is 0 Å². The van der Waals surface area contributed by atoms with E-state index in [2.05, 4.69) is 5.32 Å². The molecule has 20 heavy (non-hydrogen) atoms. The Bertz CT molecular complexity index is 396. The van der Waals surface area contributed by atoms with Gasteiger partial charge in [0.25, 0.3) is 0 Å². The van der Waals surface area contributed by atoms with Gasteiger partial charge in [0.2, 0.25) is 0 Å². The van der Waals surface area contributed by atoms with Gasteiger partial charge in [-0.05, 0) is 31.2 Å². The van der Waals surface area contributed by atoms with Gasteiger partial charge in [-0.15, -0.1) is 0 Å². The molecule has 1 aliphatic rings. The molecule has 112 valence electrons. The predicted molar refractivity (Wildman–Crippen MR) is 74.4 cm³/mol. The summed E-state index contributed by atoms with van der Waals surface area (Å²) in [5.41, 5.74) is 0.717. The summed E-state index contributed by atoms with van der Waals surface area (Å²) in [6, 6.07) is 8.43. The van der Waals surface area contributed by atoms with Gasteiger partial charge in [0, 0.05) is 12.1 Å². The van der Waals surface area contributed by atoms with Crippen LogP contribution in [0, 0.1) is 5.92 Å². The van der Waals surface area contributed by atoms with Crippen LogP contribution in [0.4, 0.5) is 13.2 Å². The van der Waals surface area contributed by atoms with E-state index in [-0.39, 0.29) is 6.04 Å². The van der Waals surface area contributed by atoms with Crippen LogP contribution in [0.2, 0.25) is 0 Å². The van der Waals surface area contributed by atoms with E-state index >= 15 is 0 Å². The van der Waals surface area contributed by atoms with Crippen molar-refractivity contribution in [3.63, 3.8) is 0 Å². The van der Waals surface area contributed by atoms with Gasteiger partial charge in [-0.1, -0.05) is 43.2 Å². The maximum Gasteiger partial charge on any atom is 0.390 e. The van der Waals surface area contributed by atoms with Crippen LogP contribution in [0.1, 0.15) is 50.6 Å². The minimum atomic E-state index is -4.15. The normalized spacial score (nSPS) is 20.0. The number of hydrogen-bond donors (Lipinski definition) is 1. The third-order valence-corrected chi connectivity index (χ3v) is 4.21. The molecule has 0 spiro atoms. The quantitative estimate of drug-likeness (QED) is 0.815. The van der Waals surface area contributed by atoms with Crippen LogP contribution in [-0.2, 0) is 0 Å². The Balaban J connectivity index is 2.06. The van der Waals surface area contributed by atoms with E-state index in [0.29, 0.717) is 5.92 Å². The molecule has 0 bridgehead atoms. The summed E-state index contributed by atoms with van der Waals surface area (Å²) in [5, 5.41) is 3.21. The van der Waals surface area contributed by atoms with Crippen LogP contribution in [-0.4, -0.2) is 12.2 Å². The van der Waals surface area contributed by atoms with Crippen LogP contribution < -0.4 is 5.32 Å². The monoisotopic (exact) mass is 285 g/mol. The first-order valence-electron chi connectivity index (χ1n) is 7.33. The lowest BCUT2D eigenvalue weighted by Crippen LogP contribution is -2.37. The zero-order chi connectivity index (χ0) is 14.6. The zero-order valence-corrected chi connectivity index (χ0v) is 11.8. The Kier molecular flexibility index (Phi) is 5.08. The fourth-order valence-corrected chi connectivity index (χ4v) is 3.10. The first-order valence-corrected chi connectivity index (χ1v) is 7.33. The van der Waals surface area contributed by atoms with Crippen molar-refractivity contribution in [2.45, 2.75) is 57.3 Å². The molecule has 1 unspecified atom stereocenters. The summed E-state index contributed by atoms with van der Waals surface area (Å²) in [5.74, 6) is 0.509. The smallest absolute Gasteiger partial charge is 0.307 e. The molecule has 0 radical (unpaired) electrons. The first-order chi connectivity index (χ1) is 9.46. The number of hydrogen-bond acceptors (Lipinski definition) is 1. The Morgan fingerprint density at radius 1 is 1.15 bits per heavy atom. The van der Waals surface area contributed by atoms with E-state index in [1.54, 1.807) is 24.3 Å². The number of benzene rings is 1. The first kappa shape index (κ1) is 15.4. The van der Waals surface area contributed by atoms with Gasteiger partial charge in [0.15, 0.2) is 0 Å². The van der Waals surface area contributed by atoms with E-state index in [1.165, 1.54) is 12.8 Å². The van der Waals surface area contributed by atoms with Crippen LogP contribution in [0.5, 0.6) is 0 Å². The molecule has 0 heterocycles. The molecule has 1 saturated carbocycles. The third kappa shape index (κ3) is 4.51. The molecular weight excluding hydrogens is 263 g/mol. The van der Waals surface area contributed by atoms with Gasteiger partial charge >= 0.3 is 6.18 Å². The molecule has 0 saturated heterocycles. The second kappa shape index (κ2) is 6.61. The Morgan fingerprint density at radius 3 is 2.30 bits per heavy atom. The summed E-state index contributed by atoms with van der Waals surface area (Å²) < 4.78 is 38.3. The highest BCUT2D eigenvalue weighted by atomic mass is 19.4. The molecule has 4 heteroatoms. The zero-order valence-electron chi connectivity index (χ0n) is 11.8. The molecular formula is C16H22F3N. The molecule has 1 fully saturated rings. The third-order valence-electron chi connectivity index (χ3n) is 4.21. The maximum absolute atomic E-state index is 12.8. The summed E-state index contributed by atoms with van der Waals surface area (Å²) in [6.07, 6.45) is -0.307. The average molecular weight is 285 g/mol. The average Bonchev–Trinajstić information content (AvgIpc) is 2.91. The van der Waals surface area contributed by atoms with Crippen molar-refractivity contribution in [2.24, 2.45) is 5.92 Å². The van der Waals surface area contributed by atoms with Crippen molar-refractivity contribution in [3.05, 3.63) is 35.9 Å². The maximum atomic E-state index is 12.8. The van der Waals surface area contributed by atoms with Crippen molar-refractivity contribution in [1.29, 1.82) is 0 Å². The van der Waals surface area contributed by atoms with Crippen molar-refractivity contribution >= 4 is 0 Å². The molecule has 1 nitrogen and oxygen atoms in total. The number of halogens is 3. The molecule has 2 atom stereocenters. The van der Waals surface area contributed by atoms with Crippen LogP contribution >= 0.6 is 0 Å². The van der Waals surface area contributed by atoms with E-state index in [9.17, 15) is 13.2 Å². The van der Waals surface area contributed by atoms with Gasteiger partial charge in [-0.25, -0.2) is 0 Å². The van der Waals surface area contributed by atoms with Gasteiger partial charge < -0.3 is 5.32 Å². The standard InChI is InChI=1S/C16H22F3N/c1-12(13-7-5-6-8-13)20-15(11-16(17,18)19)14-9-3-2-4-10-14/h2-4,9-10,12-13,15,20H,5-8,11H2,1H3/t12-,15?/m1/s1. The SMILES string of the molecule is C[C@@H](NC(CC(F)(F)F)c1ccccc1)C1CCCC1. The van der Waals surface area contributed by atoms with Crippen LogP contribution in [0.25, 0.3) is 0 Å². The topological polar surface area (TPSA) is 12.0 Å². The largest absolute Gasteiger partial charge is 0.390 e. The fraction of sp³-hybridized carbons (Fsp3) is 0.625. The summed E-state index contributed by atoms with van der Waals surface area (Å²) >= 11 is 0. The lowest BCUT2D eigenvalue weighted by Gasteiger charge is -2.28. The molecule has 0 aromatic heterocycles. The summed E-state index contributed by atoms with van der Waals surface area (Å²) in [6.45, 7) is 2.02. The number of rotatable bonds is 5. The highest BCUT2D eigenvalue weighted by molar-refractivity contribution is 5.19. The van der Waals surface area contributed by atoms with E-state index < -0.39 is 18.6 Å². The van der Waals surface area contributed by atoms with Gasteiger partial charge in [-0.2, -0.15) is 13.2 Å². The Morgan fingerprint density at radius 2 is 1.75 bits per heavy atom. The molecule has 0 amide bonds. The minimum Gasteiger partial charge on any atom is -0.307 e.